The molecule has 1 aliphatic rings. The summed E-state index contributed by atoms with van der Waals surface area (Å²) in [5.41, 5.74) is 6.65. The SMILES string of the molecule is CN1NN=C(NC(=O)c2cccc3cccnc23)N1. The summed E-state index contributed by atoms with van der Waals surface area (Å²) in [5, 5.41) is 9.01. The molecule has 0 aliphatic carbocycles. The summed E-state index contributed by atoms with van der Waals surface area (Å²) in [5.74, 6) is 0.0908. The minimum absolute atomic E-state index is 0.257. The highest BCUT2D eigenvalue weighted by Crippen LogP contribution is 2.15. The van der Waals surface area contributed by atoms with E-state index in [-0.39, 0.29) is 5.91 Å². The molecular formula is C12H12N6O. The first-order valence-electron chi connectivity index (χ1n) is 5.73. The van der Waals surface area contributed by atoms with E-state index in [1.54, 1.807) is 19.3 Å². The molecule has 1 aromatic carbocycles. The second kappa shape index (κ2) is 4.54. The fourth-order valence-electron chi connectivity index (χ4n) is 1.85. The summed E-state index contributed by atoms with van der Waals surface area (Å²) in [6.07, 6.45) is 1.67. The maximum absolute atomic E-state index is 12.2. The molecule has 96 valence electrons. The van der Waals surface area contributed by atoms with E-state index in [0.717, 1.165) is 5.39 Å². The zero-order valence-corrected chi connectivity index (χ0v) is 10.2. The Morgan fingerprint density at radius 2 is 2.16 bits per heavy atom. The van der Waals surface area contributed by atoms with Gasteiger partial charge >= 0.3 is 0 Å². The number of hydrogen-bond acceptors (Lipinski definition) is 6. The number of amides is 1. The van der Waals surface area contributed by atoms with E-state index in [0.29, 0.717) is 17.0 Å². The van der Waals surface area contributed by atoms with Gasteiger partial charge in [-0.05, 0) is 12.1 Å². The van der Waals surface area contributed by atoms with Gasteiger partial charge in [0.15, 0.2) is 0 Å². The molecule has 7 nitrogen and oxygen atoms in total. The molecule has 0 spiro atoms. The second-order valence-electron chi connectivity index (χ2n) is 4.07. The standard InChI is InChI=1S/C12H12N6O/c1-18-16-12(15-17-18)14-11(19)9-6-2-4-8-5-3-7-13-10(8)9/h2-7,17H,1H3,(H2,14,15,16,19). The lowest BCUT2D eigenvalue weighted by Crippen LogP contribution is -2.44. The third-order valence-electron chi connectivity index (χ3n) is 2.69. The van der Waals surface area contributed by atoms with Gasteiger partial charge in [0.2, 0.25) is 5.96 Å². The van der Waals surface area contributed by atoms with Crippen LogP contribution in [0.3, 0.4) is 0 Å². The van der Waals surface area contributed by atoms with Crippen molar-refractivity contribution in [3.05, 3.63) is 42.1 Å². The van der Waals surface area contributed by atoms with Gasteiger partial charge in [-0.2, -0.15) is 0 Å². The summed E-state index contributed by atoms with van der Waals surface area (Å²) in [6, 6.07) is 9.23. The van der Waals surface area contributed by atoms with Crippen molar-refractivity contribution >= 4 is 22.8 Å². The van der Waals surface area contributed by atoms with E-state index >= 15 is 0 Å². The first-order valence-corrected chi connectivity index (χ1v) is 5.73. The molecule has 0 fully saturated rings. The summed E-state index contributed by atoms with van der Waals surface area (Å²) >= 11 is 0. The first-order chi connectivity index (χ1) is 9.24. The number of fused-ring (bicyclic) bond motifs is 1. The van der Waals surface area contributed by atoms with Gasteiger partial charge in [-0.3, -0.25) is 20.5 Å². The molecule has 3 rings (SSSR count). The van der Waals surface area contributed by atoms with E-state index < -0.39 is 0 Å². The zero-order valence-electron chi connectivity index (χ0n) is 10.2. The molecule has 3 N–H and O–H groups in total. The van der Waals surface area contributed by atoms with Crippen molar-refractivity contribution in [1.29, 1.82) is 0 Å². The number of aromatic nitrogens is 1. The number of nitrogens with zero attached hydrogens (tertiary/aromatic N) is 3. The summed E-state index contributed by atoms with van der Waals surface area (Å²) < 4.78 is 0. The Kier molecular flexibility index (Phi) is 2.73. The highest BCUT2D eigenvalue weighted by molar-refractivity contribution is 6.11. The van der Waals surface area contributed by atoms with Crippen LogP contribution in [-0.4, -0.2) is 29.0 Å². The third-order valence-corrected chi connectivity index (χ3v) is 2.69. The molecule has 0 unspecified atom stereocenters. The lowest BCUT2D eigenvalue weighted by Gasteiger charge is -2.09. The van der Waals surface area contributed by atoms with Gasteiger partial charge < -0.3 is 0 Å². The smallest absolute Gasteiger partial charge is 0.260 e. The number of rotatable bonds is 1. The Hall–Kier alpha value is -2.67. The van der Waals surface area contributed by atoms with Crippen LogP contribution in [0.5, 0.6) is 0 Å². The van der Waals surface area contributed by atoms with Gasteiger partial charge in [-0.25, -0.2) is 5.53 Å². The molecular weight excluding hydrogens is 244 g/mol. The van der Waals surface area contributed by atoms with Gasteiger partial charge in [0, 0.05) is 18.6 Å². The molecule has 0 saturated heterocycles. The lowest BCUT2D eigenvalue weighted by molar-refractivity contribution is 0.0976. The van der Waals surface area contributed by atoms with Crippen LogP contribution in [0.2, 0.25) is 0 Å². The van der Waals surface area contributed by atoms with Crippen LogP contribution >= 0.6 is 0 Å². The van der Waals surface area contributed by atoms with Gasteiger partial charge in [0.1, 0.15) is 0 Å². The number of nitrogens with one attached hydrogen (secondary N) is 3. The maximum Gasteiger partial charge on any atom is 0.260 e. The van der Waals surface area contributed by atoms with E-state index in [4.69, 9.17) is 0 Å². The molecule has 19 heavy (non-hydrogen) atoms. The summed E-state index contributed by atoms with van der Waals surface area (Å²) in [7, 11) is 1.74. The summed E-state index contributed by atoms with van der Waals surface area (Å²) in [6.45, 7) is 0. The van der Waals surface area contributed by atoms with Crippen molar-refractivity contribution in [2.75, 3.05) is 7.05 Å². The van der Waals surface area contributed by atoms with Crippen LogP contribution in [0.25, 0.3) is 10.9 Å². The zero-order chi connectivity index (χ0) is 13.2. The average molecular weight is 256 g/mol. The van der Waals surface area contributed by atoms with Gasteiger partial charge in [-0.15, -0.1) is 10.2 Å². The maximum atomic E-state index is 12.2. The van der Waals surface area contributed by atoms with Crippen molar-refractivity contribution < 1.29 is 4.79 Å². The highest BCUT2D eigenvalue weighted by atomic mass is 16.2. The van der Waals surface area contributed by atoms with Crippen molar-refractivity contribution in [1.82, 2.24) is 26.4 Å². The van der Waals surface area contributed by atoms with Crippen molar-refractivity contribution in [3.8, 4) is 0 Å². The molecule has 1 aliphatic heterocycles. The van der Waals surface area contributed by atoms with E-state index in [1.165, 1.54) is 5.12 Å². The molecule has 7 heteroatoms. The molecule has 0 atom stereocenters. The summed E-state index contributed by atoms with van der Waals surface area (Å²) in [4.78, 5) is 16.4. The first kappa shape index (κ1) is 11.4. The van der Waals surface area contributed by atoms with Crippen molar-refractivity contribution in [2.45, 2.75) is 0 Å². The quantitative estimate of drug-likeness (QED) is 0.678. The largest absolute Gasteiger partial charge is 0.290 e. The normalized spacial score (nSPS) is 14.7. The Morgan fingerprint density at radius 1 is 1.32 bits per heavy atom. The Bertz CT molecular complexity index is 663. The minimum Gasteiger partial charge on any atom is -0.290 e. The van der Waals surface area contributed by atoms with Crippen LogP contribution in [0.1, 0.15) is 10.4 Å². The molecule has 0 bridgehead atoms. The predicted molar refractivity (Wildman–Crippen MR) is 70.7 cm³/mol. The van der Waals surface area contributed by atoms with E-state index in [1.807, 2.05) is 24.3 Å². The van der Waals surface area contributed by atoms with Crippen LogP contribution in [0, 0.1) is 0 Å². The number of guanidine groups is 1. The molecule has 1 amide bonds. The fourth-order valence-corrected chi connectivity index (χ4v) is 1.85. The number of carbonyl (C=O) groups is 1. The van der Waals surface area contributed by atoms with Crippen LogP contribution in [-0.2, 0) is 0 Å². The van der Waals surface area contributed by atoms with Gasteiger partial charge in [0.05, 0.1) is 11.1 Å². The van der Waals surface area contributed by atoms with Crippen LogP contribution in [0.4, 0.5) is 0 Å². The highest BCUT2D eigenvalue weighted by Gasteiger charge is 2.16. The number of hydrogen-bond donors (Lipinski definition) is 3. The number of benzene rings is 1. The Morgan fingerprint density at radius 3 is 2.95 bits per heavy atom. The van der Waals surface area contributed by atoms with E-state index in [9.17, 15) is 4.79 Å². The number of para-hydroxylation sites is 1. The molecule has 0 radical (unpaired) electrons. The topological polar surface area (TPSA) is 81.7 Å². The second-order valence-corrected chi connectivity index (χ2v) is 4.07. The number of hydrazone groups is 1. The average Bonchev–Trinajstić information content (AvgIpc) is 2.83. The molecule has 1 aromatic heterocycles. The number of hydrazine groups is 2. The predicted octanol–water partition coefficient (Wildman–Crippen LogP) is 0.190. The number of carbonyl (C=O) groups excluding carboxylic acids is 1. The molecule has 2 heterocycles. The monoisotopic (exact) mass is 256 g/mol. The molecule has 0 saturated carbocycles. The number of pyridine rings is 1. The minimum atomic E-state index is -0.257. The Labute approximate surface area is 109 Å². The third kappa shape index (κ3) is 2.18. The molecule has 2 aromatic rings. The Balaban J connectivity index is 1.90. The van der Waals surface area contributed by atoms with Crippen molar-refractivity contribution in [3.63, 3.8) is 0 Å². The van der Waals surface area contributed by atoms with E-state index in [2.05, 4.69) is 26.4 Å². The fraction of sp³-hybridized carbons (Fsp3) is 0.0833. The lowest BCUT2D eigenvalue weighted by atomic mass is 10.1. The van der Waals surface area contributed by atoms with Crippen LogP contribution in [0.15, 0.2) is 41.6 Å². The van der Waals surface area contributed by atoms with Gasteiger partial charge in [-0.1, -0.05) is 18.2 Å². The van der Waals surface area contributed by atoms with Gasteiger partial charge in [0.25, 0.3) is 5.91 Å². The van der Waals surface area contributed by atoms with Crippen LogP contribution < -0.4 is 16.3 Å². The van der Waals surface area contributed by atoms with Crippen molar-refractivity contribution in [2.24, 2.45) is 5.10 Å².